The number of aromatic nitrogens is 1. The van der Waals surface area contributed by atoms with Gasteiger partial charge in [0.15, 0.2) is 0 Å². The highest BCUT2D eigenvalue weighted by Crippen LogP contribution is 2.35. The number of benzene rings is 1. The Morgan fingerprint density at radius 2 is 1.75 bits per heavy atom. The van der Waals surface area contributed by atoms with Gasteiger partial charge in [0.25, 0.3) is 5.91 Å². The molecule has 2 fully saturated rings. The molecule has 2 aliphatic rings. The fraction of sp³-hybridized carbons (Fsp3) is 0.474. The van der Waals surface area contributed by atoms with E-state index in [-0.39, 0.29) is 33.6 Å². The lowest BCUT2D eigenvalue weighted by atomic mass is 10.1. The molecule has 6 nitrogen and oxygen atoms in total. The Hall–Kier alpha value is -1.83. The number of likely N-dealkylation sites (tertiary alicyclic amines) is 1. The Kier molecular flexibility index (Phi) is 5.24. The minimum absolute atomic E-state index is 0.0533. The summed E-state index contributed by atoms with van der Waals surface area (Å²) >= 11 is 12.3. The molecule has 1 N–H and O–H groups in total. The van der Waals surface area contributed by atoms with E-state index in [2.05, 4.69) is 9.88 Å². The molecule has 1 atom stereocenters. The van der Waals surface area contributed by atoms with Crippen molar-refractivity contribution >= 4 is 45.9 Å². The minimum Gasteiger partial charge on any atom is -0.349 e. The number of nitrogens with zero attached hydrogens (tertiary/aromatic N) is 3. The largest absolute Gasteiger partial charge is 0.349 e. The van der Waals surface area contributed by atoms with Crippen molar-refractivity contribution in [2.24, 2.45) is 0 Å². The molecule has 3 heterocycles. The maximum Gasteiger partial charge on any atom is 0.271 e. The fourth-order valence-electron chi connectivity index (χ4n) is 4.05. The average Bonchev–Trinajstić information content (AvgIpc) is 3.27. The van der Waals surface area contributed by atoms with Crippen LogP contribution in [0.25, 0.3) is 10.9 Å². The number of nitrogens with one attached hydrogen (secondary N) is 1. The van der Waals surface area contributed by atoms with E-state index in [0.717, 1.165) is 19.4 Å². The van der Waals surface area contributed by atoms with Gasteiger partial charge in [-0.3, -0.25) is 14.5 Å². The maximum atomic E-state index is 13.7. The van der Waals surface area contributed by atoms with Crippen LogP contribution in [0.3, 0.4) is 0 Å². The number of hydrogen-bond acceptors (Lipinski definition) is 3. The number of H-pyrrole nitrogens is 1. The molecule has 4 rings (SSSR count). The van der Waals surface area contributed by atoms with Crippen molar-refractivity contribution in [1.29, 1.82) is 0 Å². The molecule has 28 heavy (non-hydrogen) atoms. The second kappa shape index (κ2) is 7.54. The van der Waals surface area contributed by atoms with Gasteiger partial charge in [0, 0.05) is 37.1 Å². The van der Waals surface area contributed by atoms with Gasteiger partial charge in [0.05, 0.1) is 16.1 Å². The first-order chi connectivity index (χ1) is 13.4. The van der Waals surface area contributed by atoms with Crippen LogP contribution in [-0.4, -0.2) is 77.3 Å². The number of likely N-dealkylation sites (N-methyl/N-ethyl adjacent to an activating group) is 1. The third-order valence-corrected chi connectivity index (χ3v) is 6.44. The summed E-state index contributed by atoms with van der Waals surface area (Å²) in [6.45, 7) is 2.77. The number of halogens is 3. The van der Waals surface area contributed by atoms with Crippen LogP contribution in [0.5, 0.6) is 0 Å². The van der Waals surface area contributed by atoms with Crippen molar-refractivity contribution in [1.82, 2.24) is 19.7 Å². The Balaban J connectivity index is 1.47. The van der Waals surface area contributed by atoms with Crippen LogP contribution in [0.2, 0.25) is 10.0 Å². The van der Waals surface area contributed by atoms with Crippen LogP contribution in [0.1, 0.15) is 23.3 Å². The van der Waals surface area contributed by atoms with E-state index in [1.165, 1.54) is 12.1 Å². The first-order valence-corrected chi connectivity index (χ1v) is 10.1. The summed E-state index contributed by atoms with van der Waals surface area (Å²) in [5.74, 6) is -0.723. The Morgan fingerprint density at radius 1 is 1.07 bits per heavy atom. The number of carbonyl (C=O) groups is 2. The molecule has 0 unspecified atom stereocenters. The van der Waals surface area contributed by atoms with E-state index in [9.17, 15) is 14.0 Å². The van der Waals surface area contributed by atoms with Crippen molar-refractivity contribution in [3.63, 3.8) is 0 Å². The second-order valence-electron chi connectivity index (χ2n) is 7.35. The number of hydrogen-bond donors (Lipinski definition) is 1. The van der Waals surface area contributed by atoms with Crippen molar-refractivity contribution in [2.45, 2.75) is 18.9 Å². The zero-order chi connectivity index (χ0) is 20.0. The third-order valence-electron chi connectivity index (χ3n) is 5.69. The van der Waals surface area contributed by atoms with Gasteiger partial charge >= 0.3 is 0 Å². The number of amides is 2. The number of aromatic amines is 1. The monoisotopic (exact) mass is 426 g/mol. The molecule has 1 aromatic carbocycles. The highest BCUT2D eigenvalue weighted by Gasteiger charge is 2.34. The van der Waals surface area contributed by atoms with Gasteiger partial charge in [-0.1, -0.05) is 23.2 Å². The number of carbonyl (C=O) groups excluding carboxylic acids is 2. The van der Waals surface area contributed by atoms with Crippen LogP contribution in [-0.2, 0) is 4.79 Å². The SMILES string of the molecule is CN1CCC[C@@H]1C(=O)N1CCN(C(=O)c2[nH]c3ccc(F)c(Cl)c3c2Cl)CC1. The molecule has 2 saturated heterocycles. The van der Waals surface area contributed by atoms with Crippen LogP contribution < -0.4 is 0 Å². The van der Waals surface area contributed by atoms with Gasteiger partial charge in [-0.25, -0.2) is 4.39 Å². The summed E-state index contributed by atoms with van der Waals surface area (Å²) in [5, 5.41) is 0.328. The van der Waals surface area contributed by atoms with Gasteiger partial charge in [-0.2, -0.15) is 0 Å². The maximum absolute atomic E-state index is 13.7. The molecular formula is C19H21Cl2FN4O2. The Bertz CT molecular complexity index is 940. The number of fused-ring (bicyclic) bond motifs is 1. The highest BCUT2D eigenvalue weighted by atomic mass is 35.5. The summed E-state index contributed by atoms with van der Waals surface area (Å²) in [6.07, 6.45) is 1.92. The third kappa shape index (κ3) is 3.25. The summed E-state index contributed by atoms with van der Waals surface area (Å²) in [4.78, 5) is 34.2. The van der Waals surface area contributed by atoms with Crippen molar-refractivity contribution in [3.05, 3.63) is 33.7 Å². The lowest BCUT2D eigenvalue weighted by Crippen LogP contribution is -2.54. The smallest absolute Gasteiger partial charge is 0.271 e. The second-order valence-corrected chi connectivity index (χ2v) is 8.11. The van der Waals surface area contributed by atoms with Crippen LogP contribution in [0, 0.1) is 5.82 Å². The topological polar surface area (TPSA) is 59.7 Å². The lowest BCUT2D eigenvalue weighted by Gasteiger charge is -2.36. The predicted octanol–water partition coefficient (Wildman–Crippen LogP) is 2.99. The molecule has 0 bridgehead atoms. The summed E-state index contributed by atoms with van der Waals surface area (Å²) in [5.41, 5.74) is 0.706. The molecule has 0 spiro atoms. The molecule has 9 heteroatoms. The van der Waals surface area contributed by atoms with Crippen molar-refractivity contribution in [2.75, 3.05) is 39.8 Å². The normalized spacial score (nSPS) is 20.9. The lowest BCUT2D eigenvalue weighted by molar-refractivity contribution is -0.137. The van der Waals surface area contributed by atoms with E-state index >= 15 is 0 Å². The minimum atomic E-state index is -0.585. The van der Waals surface area contributed by atoms with E-state index in [1.807, 2.05) is 11.9 Å². The van der Waals surface area contributed by atoms with Gasteiger partial charge < -0.3 is 14.8 Å². The van der Waals surface area contributed by atoms with E-state index in [4.69, 9.17) is 23.2 Å². The van der Waals surface area contributed by atoms with Gasteiger partial charge in [-0.15, -0.1) is 0 Å². The quantitative estimate of drug-likeness (QED) is 0.802. The fourth-order valence-corrected chi connectivity index (χ4v) is 4.68. The zero-order valence-electron chi connectivity index (χ0n) is 15.5. The molecule has 0 saturated carbocycles. The average molecular weight is 427 g/mol. The van der Waals surface area contributed by atoms with Crippen LogP contribution in [0.15, 0.2) is 12.1 Å². The molecule has 2 amide bonds. The van der Waals surface area contributed by atoms with Crippen molar-refractivity contribution < 1.29 is 14.0 Å². The van der Waals surface area contributed by atoms with Gasteiger partial charge in [0.1, 0.15) is 11.5 Å². The van der Waals surface area contributed by atoms with Crippen molar-refractivity contribution in [3.8, 4) is 0 Å². The molecule has 150 valence electrons. The van der Waals surface area contributed by atoms with Crippen LogP contribution in [0.4, 0.5) is 4.39 Å². The standard InChI is InChI=1S/C19H21Cl2FN4O2/c1-24-6-2-3-13(24)18(27)25-7-9-26(10-8-25)19(28)17-16(21)14-12(23-17)5-4-11(22)15(14)20/h4-5,13,23H,2-3,6-10H2,1H3/t13-/m1/s1. The molecule has 2 aromatic rings. The first-order valence-electron chi connectivity index (χ1n) is 9.32. The van der Waals surface area contributed by atoms with E-state index < -0.39 is 5.82 Å². The number of piperazine rings is 1. The van der Waals surface area contributed by atoms with E-state index in [1.54, 1.807) is 4.90 Å². The highest BCUT2D eigenvalue weighted by molar-refractivity contribution is 6.44. The first kappa shape index (κ1) is 19.5. The van der Waals surface area contributed by atoms with Gasteiger partial charge in [0.2, 0.25) is 5.91 Å². The Morgan fingerprint density at radius 3 is 2.39 bits per heavy atom. The molecule has 2 aliphatic heterocycles. The van der Waals surface area contributed by atoms with E-state index in [0.29, 0.717) is 37.1 Å². The summed E-state index contributed by atoms with van der Waals surface area (Å²) < 4.78 is 13.7. The molecule has 0 radical (unpaired) electrons. The van der Waals surface area contributed by atoms with Crippen LogP contribution >= 0.6 is 23.2 Å². The molecule has 0 aliphatic carbocycles. The molecular weight excluding hydrogens is 406 g/mol. The number of rotatable bonds is 2. The summed E-state index contributed by atoms with van der Waals surface area (Å²) in [6, 6.07) is 2.69. The Labute approximate surface area is 172 Å². The summed E-state index contributed by atoms with van der Waals surface area (Å²) in [7, 11) is 1.97. The van der Waals surface area contributed by atoms with Gasteiger partial charge in [-0.05, 0) is 38.6 Å². The zero-order valence-corrected chi connectivity index (χ0v) is 17.0. The molecule has 1 aromatic heterocycles. The predicted molar refractivity (Wildman–Crippen MR) is 106 cm³/mol.